The fourth-order valence-electron chi connectivity index (χ4n) is 2.55. The standard InChI is InChI=1S/C16H10Cl2N2O/c17-11-2-1-3-12-14(11)15(18)20-16(19-12)10-4-5-13-9(8-10)6-7-21-13/h1-5,8H,6-7H2. The number of hydrogen-bond donors (Lipinski definition) is 0. The van der Waals surface area contributed by atoms with Crippen molar-refractivity contribution < 1.29 is 4.74 Å². The largest absolute Gasteiger partial charge is 0.493 e. The number of benzene rings is 2. The first kappa shape index (κ1) is 12.9. The van der Waals surface area contributed by atoms with Gasteiger partial charge in [0.15, 0.2) is 5.82 Å². The maximum Gasteiger partial charge on any atom is 0.161 e. The lowest BCUT2D eigenvalue weighted by molar-refractivity contribution is 0.357. The van der Waals surface area contributed by atoms with Crippen molar-refractivity contribution in [3.05, 3.63) is 52.1 Å². The number of ether oxygens (including phenoxy) is 1. The zero-order valence-corrected chi connectivity index (χ0v) is 12.4. The quantitative estimate of drug-likeness (QED) is 0.618. The molecule has 0 fully saturated rings. The molecule has 2 aromatic carbocycles. The first-order valence-corrected chi connectivity index (χ1v) is 7.36. The van der Waals surface area contributed by atoms with Crippen LogP contribution in [0.15, 0.2) is 36.4 Å². The zero-order valence-electron chi connectivity index (χ0n) is 10.9. The molecule has 0 saturated carbocycles. The van der Waals surface area contributed by atoms with E-state index in [1.807, 2.05) is 24.3 Å². The fraction of sp³-hybridized carbons (Fsp3) is 0.125. The van der Waals surface area contributed by atoms with Crippen LogP contribution in [-0.4, -0.2) is 16.6 Å². The molecule has 0 aliphatic carbocycles. The summed E-state index contributed by atoms with van der Waals surface area (Å²) in [7, 11) is 0. The first-order chi connectivity index (χ1) is 10.2. The summed E-state index contributed by atoms with van der Waals surface area (Å²) >= 11 is 12.4. The Kier molecular flexibility index (Phi) is 2.98. The lowest BCUT2D eigenvalue weighted by atomic mass is 10.1. The molecule has 0 amide bonds. The van der Waals surface area contributed by atoms with Crippen molar-refractivity contribution >= 4 is 34.1 Å². The number of aromatic nitrogens is 2. The van der Waals surface area contributed by atoms with Crippen LogP contribution in [0.5, 0.6) is 5.75 Å². The van der Waals surface area contributed by atoms with Crippen LogP contribution >= 0.6 is 23.2 Å². The zero-order chi connectivity index (χ0) is 14.4. The maximum atomic E-state index is 6.27. The van der Waals surface area contributed by atoms with Crippen LogP contribution in [0.3, 0.4) is 0 Å². The summed E-state index contributed by atoms with van der Waals surface area (Å²) < 4.78 is 5.51. The van der Waals surface area contributed by atoms with E-state index in [-0.39, 0.29) is 0 Å². The van der Waals surface area contributed by atoms with E-state index in [0.717, 1.165) is 29.9 Å². The summed E-state index contributed by atoms with van der Waals surface area (Å²) in [6.45, 7) is 0.730. The van der Waals surface area contributed by atoms with Gasteiger partial charge in [0.1, 0.15) is 10.9 Å². The van der Waals surface area contributed by atoms with Crippen molar-refractivity contribution in [3.8, 4) is 17.1 Å². The number of rotatable bonds is 1. The van der Waals surface area contributed by atoms with Gasteiger partial charge >= 0.3 is 0 Å². The third kappa shape index (κ3) is 2.13. The first-order valence-electron chi connectivity index (χ1n) is 6.60. The Bertz CT molecular complexity index is 864. The van der Waals surface area contributed by atoms with Crippen LogP contribution in [0, 0.1) is 0 Å². The van der Waals surface area contributed by atoms with Crippen LogP contribution in [0.2, 0.25) is 10.2 Å². The van der Waals surface area contributed by atoms with Gasteiger partial charge in [-0.05, 0) is 35.9 Å². The van der Waals surface area contributed by atoms with Crippen molar-refractivity contribution in [3.63, 3.8) is 0 Å². The molecule has 1 aromatic heterocycles. The van der Waals surface area contributed by atoms with Crippen molar-refractivity contribution in [2.24, 2.45) is 0 Å². The second-order valence-electron chi connectivity index (χ2n) is 4.89. The van der Waals surface area contributed by atoms with Crippen molar-refractivity contribution in [2.45, 2.75) is 6.42 Å². The highest BCUT2D eigenvalue weighted by Gasteiger charge is 2.15. The third-order valence-electron chi connectivity index (χ3n) is 3.58. The molecule has 0 N–H and O–H groups in total. The SMILES string of the molecule is Clc1cccc2nc(-c3ccc4c(c3)CCO4)nc(Cl)c12. The second kappa shape index (κ2) is 4.86. The van der Waals surface area contributed by atoms with E-state index in [4.69, 9.17) is 27.9 Å². The molecule has 3 nitrogen and oxygen atoms in total. The van der Waals surface area contributed by atoms with Crippen LogP contribution < -0.4 is 4.74 Å². The van der Waals surface area contributed by atoms with Gasteiger partial charge in [-0.2, -0.15) is 0 Å². The predicted octanol–water partition coefficient (Wildman–Crippen LogP) is 4.54. The Labute approximate surface area is 131 Å². The molecule has 104 valence electrons. The molecule has 21 heavy (non-hydrogen) atoms. The number of hydrogen-bond acceptors (Lipinski definition) is 3. The Morgan fingerprint density at radius 1 is 1.05 bits per heavy atom. The van der Waals surface area contributed by atoms with Crippen LogP contribution in [0.1, 0.15) is 5.56 Å². The van der Waals surface area contributed by atoms with Gasteiger partial charge in [0.2, 0.25) is 0 Å². The van der Waals surface area contributed by atoms with Gasteiger partial charge in [0, 0.05) is 12.0 Å². The van der Waals surface area contributed by atoms with E-state index in [1.54, 1.807) is 6.07 Å². The monoisotopic (exact) mass is 316 g/mol. The molecule has 2 heterocycles. The summed E-state index contributed by atoms with van der Waals surface area (Å²) in [6.07, 6.45) is 0.913. The molecule has 1 aliphatic rings. The summed E-state index contributed by atoms with van der Waals surface area (Å²) in [4.78, 5) is 8.96. The van der Waals surface area contributed by atoms with Crippen LogP contribution in [-0.2, 0) is 6.42 Å². The van der Waals surface area contributed by atoms with Gasteiger partial charge < -0.3 is 4.74 Å². The highest BCUT2D eigenvalue weighted by atomic mass is 35.5. The van der Waals surface area contributed by atoms with Crippen LogP contribution in [0.4, 0.5) is 0 Å². The Hall–Kier alpha value is -1.84. The Morgan fingerprint density at radius 2 is 1.95 bits per heavy atom. The van der Waals surface area contributed by atoms with E-state index >= 15 is 0 Å². The molecule has 0 unspecified atom stereocenters. The molecule has 5 heteroatoms. The van der Waals surface area contributed by atoms with Gasteiger partial charge in [-0.3, -0.25) is 0 Å². The van der Waals surface area contributed by atoms with Crippen molar-refractivity contribution in [1.29, 1.82) is 0 Å². The average molecular weight is 317 g/mol. The Balaban J connectivity index is 1.91. The number of nitrogens with zero attached hydrogens (tertiary/aromatic N) is 2. The molecule has 0 atom stereocenters. The summed E-state index contributed by atoms with van der Waals surface area (Å²) in [5, 5.41) is 1.62. The summed E-state index contributed by atoms with van der Waals surface area (Å²) in [5.74, 6) is 1.54. The molecule has 3 aromatic rings. The normalized spacial score (nSPS) is 13.2. The predicted molar refractivity (Wildman–Crippen MR) is 84.2 cm³/mol. The highest BCUT2D eigenvalue weighted by molar-refractivity contribution is 6.41. The minimum Gasteiger partial charge on any atom is -0.493 e. The lowest BCUT2D eigenvalue weighted by Gasteiger charge is -2.07. The minimum atomic E-state index is 0.373. The molecule has 0 spiro atoms. The fourth-order valence-corrected chi connectivity index (χ4v) is 3.14. The summed E-state index contributed by atoms with van der Waals surface area (Å²) in [5.41, 5.74) is 2.86. The topological polar surface area (TPSA) is 35.0 Å². The molecular formula is C16H10Cl2N2O. The molecule has 0 radical (unpaired) electrons. The van der Waals surface area contributed by atoms with E-state index < -0.39 is 0 Å². The molecule has 4 rings (SSSR count). The lowest BCUT2D eigenvalue weighted by Crippen LogP contribution is -1.93. The maximum absolute atomic E-state index is 6.27. The van der Waals surface area contributed by atoms with Gasteiger partial charge in [0.05, 0.1) is 22.5 Å². The van der Waals surface area contributed by atoms with Crippen molar-refractivity contribution in [1.82, 2.24) is 9.97 Å². The summed E-state index contributed by atoms with van der Waals surface area (Å²) in [6, 6.07) is 11.5. The van der Waals surface area contributed by atoms with Crippen molar-refractivity contribution in [2.75, 3.05) is 6.61 Å². The number of fused-ring (bicyclic) bond motifs is 2. The van der Waals surface area contributed by atoms with E-state index in [0.29, 0.717) is 21.4 Å². The van der Waals surface area contributed by atoms with E-state index in [1.165, 1.54) is 5.56 Å². The van der Waals surface area contributed by atoms with E-state index in [2.05, 4.69) is 16.0 Å². The van der Waals surface area contributed by atoms with Gasteiger partial charge in [-0.25, -0.2) is 9.97 Å². The van der Waals surface area contributed by atoms with Gasteiger partial charge in [-0.15, -0.1) is 0 Å². The molecule has 0 saturated heterocycles. The third-order valence-corrected chi connectivity index (χ3v) is 4.16. The second-order valence-corrected chi connectivity index (χ2v) is 5.66. The molecule has 0 bridgehead atoms. The molecule has 1 aliphatic heterocycles. The molecular weight excluding hydrogens is 307 g/mol. The van der Waals surface area contributed by atoms with Gasteiger partial charge in [-0.1, -0.05) is 29.3 Å². The Morgan fingerprint density at radius 3 is 2.86 bits per heavy atom. The average Bonchev–Trinajstić information content (AvgIpc) is 2.94. The minimum absolute atomic E-state index is 0.373. The smallest absolute Gasteiger partial charge is 0.161 e. The van der Waals surface area contributed by atoms with Crippen LogP contribution in [0.25, 0.3) is 22.3 Å². The highest BCUT2D eigenvalue weighted by Crippen LogP contribution is 2.33. The van der Waals surface area contributed by atoms with E-state index in [9.17, 15) is 0 Å². The number of halogens is 2. The van der Waals surface area contributed by atoms with Gasteiger partial charge in [0.25, 0.3) is 0 Å².